The Morgan fingerprint density at radius 2 is 1.59 bits per heavy atom. The lowest BCUT2D eigenvalue weighted by molar-refractivity contribution is -0.149. The van der Waals surface area contributed by atoms with Crippen molar-refractivity contribution in [2.45, 2.75) is 33.5 Å². The van der Waals surface area contributed by atoms with Gasteiger partial charge in [0.2, 0.25) is 0 Å². The van der Waals surface area contributed by atoms with Gasteiger partial charge in [-0.3, -0.25) is 4.79 Å². The van der Waals surface area contributed by atoms with Crippen molar-refractivity contribution in [2.24, 2.45) is 5.92 Å². The Labute approximate surface area is 131 Å². The highest BCUT2D eigenvalue weighted by atomic mass is 16.5. The highest BCUT2D eigenvalue weighted by Gasteiger charge is 2.11. The fourth-order valence-corrected chi connectivity index (χ4v) is 1.89. The molecule has 1 unspecified atom stereocenters. The zero-order valence-electron chi connectivity index (χ0n) is 13.1. The number of benzene rings is 2. The molecule has 0 spiro atoms. The van der Waals surface area contributed by atoms with Gasteiger partial charge in [-0.2, -0.15) is 0 Å². The normalized spacial score (nSPS) is 11.7. The highest BCUT2D eigenvalue weighted by molar-refractivity contribution is 5.71. The van der Waals surface area contributed by atoms with Crippen LogP contribution in [0, 0.1) is 5.92 Å². The SMILES string of the molecule is CCC(C)C(=O)OCc1ccc(OCc2ccccc2)cc1. The van der Waals surface area contributed by atoms with Gasteiger partial charge < -0.3 is 9.47 Å². The monoisotopic (exact) mass is 298 g/mol. The van der Waals surface area contributed by atoms with Gasteiger partial charge in [-0.1, -0.05) is 56.3 Å². The first-order valence-electron chi connectivity index (χ1n) is 7.61. The summed E-state index contributed by atoms with van der Waals surface area (Å²) in [5.74, 6) is 0.612. The van der Waals surface area contributed by atoms with Crippen LogP contribution in [0.5, 0.6) is 5.75 Å². The number of hydrogen-bond donors (Lipinski definition) is 0. The third kappa shape index (κ3) is 4.92. The van der Waals surface area contributed by atoms with Crippen molar-refractivity contribution in [3.05, 3.63) is 65.7 Å². The standard InChI is InChI=1S/C19H22O3/c1-3-15(2)19(20)22-14-17-9-11-18(12-10-17)21-13-16-7-5-4-6-8-16/h4-12,15H,3,13-14H2,1-2H3. The van der Waals surface area contributed by atoms with Crippen LogP contribution in [0.25, 0.3) is 0 Å². The summed E-state index contributed by atoms with van der Waals surface area (Å²) in [7, 11) is 0. The Morgan fingerprint density at radius 1 is 0.955 bits per heavy atom. The Bertz CT molecular complexity index is 575. The molecule has 0 aliphatic carbocycles. The Balaban J connectivity index is 1.81. The van der Waals surface area contributed by atoms with Crippen LogP contribution in [-0.4, -0.2) is 5.97 Å². The van der Waals surface area contributed by atoms with E-state index in [2.05, 4.69) is 0 Å². The summed E-state index contributed by atoms with van der Waals surface area (Å²) >= 11 is 0. The molecule has 1 atom stereocenters. The summed E-state index contributed by atoms with van der Waals surface area (Å²) in [6.07, 6.45) is 0.797. The first-order valence-corrected chi connectivity index (χ1v) is 7.61. The van der Waals surface area contributed by atoms with Crippen molar-refractivity contribution in [1.82, 2.24) is 0 Å². The lowest BCUT2D eigenvalue weighted by Gasteiger charge is -2.10. The molecule has 2 aromatic rings. The van der Waals surface area contributed by atoms with Gasteiger partial charge in [0.1, 0.15) is 19.0 Å². The molecule has 0 saturated carbocycles. The van der Waals surface area contributed by atoms with E-state index in [1.807, 2.05) is 68.4 Å². The third-order valence-electron chi connectivity index (χ3n) is 3.57. The second-order valence-corrected chi connectivity index (χ2v) is 5.34. The van der Waals surface area contributed by atoms with Gasteiger partial charge in [0.15, 0.2) is 0 Å². The topological polar surface area (TPSA) is 35.5 Å². The second-order valence-electron chi connectivity index (χ2n) is 5.34. The summed E-state index contributed by atoms with van der Waals surface area (Å²) in [5, 5.41) is 0. The average molecular weight is 298 g/mol. The first kappa shape index (κ1) is 16.1. The molecule has 2 aromatic carbocycles. The maximum Gasteiger partial charge on any atom is 0.308 e. The van der Waals surface area contributed by atoms with E-state index in [1.54, 1.807) is 0 Å². The van der Waals surface area contributed by atoms with Gasteiger partial charge >= 0.3 is 5.97 Å². The van der Waals surface area contributed by atoms with Crippen LogP contribution < -0.4 is 4.74 Å². The Hall–Kier alpha value is -2.29. The molecule has 22 heavy (non-hydrogen) atoms. The number of carbonyl (C=O) groups excluding carboxylic acids is 1. The summed E-state index contributed by atoms with van der Waals surface area (Å²) in [5.41, 5.74) is 2.10. The van der Waals surface area contributed by atoms with Crippen LogP contribution in [0.1, 0.15) is 31.4 Å². The van der Waals surface area contributed by atoms with Gasteiger partial charge in [0, 0.05) is 0 Å². The predicted molar refractivity (Wildman–Crippen MR) is 86.5 cm³/mol. The van der Waals surface area contributed by atoms with E-state index in [9.17, 15) is 4.79 Å². The van der Waals surface area contributed by atoms with Gasteiger partial charge in [-0.15, -0.1) is 0 Å². The molecule has 0 heterocycles. The van der Waals surface area contributed by atoms with E-state index < -0.39 is 0 Å². The molecule has 0 aliphatic heterocycles. The molecule has 3 heteroatoms. The van der Waals surface area contributed by atoms with Crippen molar-refractivity contribution in [3.8, 4) is 5.75 Å². The number of ether oxygens (including phenoxy) is 2. The van der Waals surface area contributed by atoms with E-state index in [4.69, 9.17) is 9.47 Å². The van der Waals surface area contributed by atoms with E-state index in [-0.39, 0.29) is 11.9 Å². The molecule has 0 saturated heterocycles. The second kappa shape index (κ2) is 8.23. The van der Waals surface area contributed by atoms with Crippen LogP contribution in [0.3, 0.4) is 0 Å². The zero-order chi connectivity index (χ0) is 15.8. The van der Waals surface area contributed by atoms with E-state index >= 15 is 0 Å². The fourth-order valence-electron chi connectivity index (χ4n) is 1.89. The van der Waals surface area contributed by atoms with Gasteiger partial charge in [0.05, 0.1) is 5.92 Å². The van der Waals surface area contributed by atoms with Gasteiger partial charge in [-0.05, 0) is 29.7 Å². The molecule has 0 fully saturated rings. The first-order chi connectivity index (χ1) is 10.7. The summed E-state index contributed by atoms with van der Waals surface area (Å²) in [6.45, 7) is 4.71. The molecule has 0 aliphatic rings. The van der Waals surface area contributed by atoms with E-state index in [0.29, 0.717) is 13.2 Å². The van der Waals surface area contributed by atoms with Crippen LogP contribution in [-0.2, 0) is 22.7 Å². The molecule has 0 amide bonds. The molecule has 2 rings (SSSR count). The lowest BCUT2D eigenvalue weighted by Crippen LogP contribution is -2.13. The summed E-state index contributed by atoms with van der Waals surface area (Å²) in [6, 6.07) is 17.7. The minimum atomic E-state index is -0.146. The van der Waals surface area contributed by atoms with Crippen molar-refractivity contribution < 1.29 is 14.3 Å². The number of rotatable bonds is 7. The highest BCUT2D eigenvalue weighted by Crippen LogP contribution is 2.15. The van der Waals surface area contributed by atoms with Crippen molar-refractivity contribution >= 4 is 5.97 Å². The lowest BCUT2D eigenvalue weighted by atomic mass is 10.1. The summed E-state index contributed by atoms with van der Waals surface area (Å²) < 4.78 is 11.0. The summed E-state index contributed by atoms with van der Waals surface area (Å²) in [4.78, 5) is 11.6. The average Bonchev–Trinajstić information content (AvgIpc) is 2.59. The van der Waals surface area contributed by atoms with Crippen LogP contribution >= 0.6 is 0 Å². The van der Waals surface area contributed by atoms with Crippen LogP contribution in [0.2, 0.25) is 0 Å². The Kier molecular flexibility index (Phi) is 6.01. The molecule has 0 radical (unpaired) electrons. The minimum absolute atomic E-state index is 0.0477. The minimum Gasteiger partial charge on any atom is -0.489 e. The molecule has 3 nitrogen and oxygen atoms in total. The number of hydrogen-bond acceptors (Lipinski definition) is 3. The molecular formula is C19H22O3. The number of carbonyl (C=O) groups is 1. The number of esters is 1. The van der Waals surface area contributed by atoms with Gasteiger partial charge in [0.25, 0.3) is 0 Å². The van der Waals surface area contributed by atoms with Gasteiger partial charge in [-0.25, -0.2) is 0 Å². The zero-order valence-corrected chi connectivity index (χ0v) is 13.1. The van der Waals surface area contributed by atoms with Crippen molar-refractivity contribution in [1.29, 1.82) is 0 Å². The van der Waals surface area contributed by atoms with E-state index in [1.165, 1.54) is 0 Å². The van der Waals surface area contributed by atoms with E-state index in [0.717, 1.165) is 23.3 Å². The Morgan fingerprint density at radius 3 is 2.23 bits per heavy atom. The van der Waals surface area contributed by atoms with Crippen molar-refractivity contribution in [2.75, 3.05) is 0 Å². The molecule has 116 valence electrons. The van der Waals surface area contributed by atoms with Crippen molar-refractivity contribution in [3.63, 3.8) is 0 Å². The van der Waals surface area contributed by atoms with Crippen LogP contribution in [0.4, 0.5) is 0 Å². The predicted octanol–water partition coefficient (Wildman–Crippen LogP) is 4.35. The fraction of sp³-hybridized carbons (Fsp3) is 0.316. The van der Waals surface area contributed by atoms with Crippen LogP contribution in [0.15, 0.2) is 54.6 Å². The molecule has 0 N–H and O–H groups in total. The molecular weight excluding hydrogens is 276 g/mol. The maximum atomic E-state index is 11.6. The largest absolute Gasteiger partial charge is 0.489 e. The quantitative estimate of drug-likeness (QED) is 0.713. The third-order valence-corrected chi connectivity index (χ3v) is 3.57. The molecule has 0 bridgehead atoms. The molecule has 0 aromatic heterocycles. The maximum absolute atomic E-state index is 11.6. The smallest absolute Gasteiger partial charge is 0.308 e.